The molecule has 1 rings (SSSR count). The lowest BCUT2D eigenvalue weighted by Crippen LogP contribution is -2.10. The Kier molecular flexibility index (Phi) is 5.32. The van der Waals surface area contributed by atoms with Crippen LogP contribution in [0.3, 0.4) is 0 Å². The predicted octanol–water partition coefficient (Wildman–Crippen LogP) is 0.481. The summed E-state index contributed by atoms with van der Waals surface area (Å²) in [6.45, 7) is 1.70. The number of aliphatic carboxylic acids is 1. The number of nitrogens with two attached hydrogens (primary N) is 1. The van der Waals surface area contributed by atoms with Crippen molar-refractivity contribution in [3.8, 4) is 0 Å². The summed E-state index contributed by atoms with van der Waals surface area (Å²) in [5, 5.41) is 9.61. The van der Waals surface area contributed by atoms with Gasteiger partial charge in [0.25, 0.3) is 0 Å². The van der Waals surface area contributed by atoms with Gasteiger partial charge in [-0.15, -0.1) is 11.3 Å². The van der Waals surface area contributed by atoms with Crippen LogP contribution in [0.1, 0.15) is 5.69 Å². The molecule has 0 saturated carbocycles. The third-order valence-electron chi connectivity index (χ3n) is 0.730. The van der Waals surface area contributed by atoms with Gasteiger partial charge < -0.3 is 10.8 Å². The van der Waals surface area contributed by atoms with E-state index < -0.39 is 5.97 Å². The van der Waals surface area contributed by atoms with Crippen molar-refractivity contribution in [1.29, 1.82) is 0 Å². The molecule has 1 heterocycles. The lowest BCUT2D eigenvalue weighted by molar-refractivity contribution is -0.135. The summed E-state index contributed by atoms with van der Waals surface area (Å²) in [4.78, 5) is 13.2. The second kappa shape index (κ2) is 5.82. The van der Waals surface area contributed by atoms with Gasteiger partial charge in [-0.2, -0.15) is 0 Å². The molecule has 1 aromatic rings. The van der Waals surface area contributed by atoms with Crippen LogP contribution in [0.25, 0.3) is 0 Å². The minimum Gasteiger partial charge on any atom is -0.480 e. The first-order valence-corrected chi connectivity index (χ1v) is 3.87. The van der Waals surface area contributed by atoms with E-state index in [1.54, 1.807) is 11.3 Å². The highest BCUT2D eigenvalue weighted by molar-refractivity contribution is 7.07. The largest absolute Gasteiger partial charge is 0.480 e. The Morgan fingerprint density at radius 1 is 1.91 bits per heavy atom. The summed E-state index contributed by atoms with van der Waals surface area (Å²) in [5.41, 5.74) is 7.51. The molecule has 0 amide bonds. The molecule has 0 radical (unpaired) electrons. The van der Waals surface area contributed by atoms with Crippen molar-refractivity contribution < 1.29 is 9.90 Å². The molecule has 3 N–H and O–H groups in total. The Balaban J connectivity index is 0.000000187. The molecule has 1 aromatic heterocycles. The maximum absolute atomic E-state index is 9.24. The van der Waals surface area contributed by atoms with E-state index in [0.717, 1.165) is 5.69 Å². The van der Waals surface area contributed by atoms with Crippen LogP contribution in [0.2, 0.25) is 0 Å². The Morgan fingerprint density at radius 3 is 2.55 bits per heavy atom. The van der Waals surface area contributed by atoms with Crippen LogP contribution in [0.15, 0.2) is 10.9 Å². The molecule has 0 aromatic carbocycles. The molecule has 0 unspecified atom stereocenters. The van der Waals surface area contributed by atoms with E-state index in [0.29, 0.717) is 0 Å². The topological polar surface area (TPSA) is 76.2 Å². The first-order valence-electron chi connectivity index (χ1n) is 2.93. The van der Waals surface area contributed by atoms with E-state index in [1.165, 1.54) is 0 Å². The quantitative estimate of drug-likeness (QED) is 0.649. The minimum absolute atomic E-state index is 0.278. The van der Waals surface area contributed by atoms with E-state index in [9.17, 15) is 4.79 Å². The van der Waals surface area contributed by atoms with Gasteiger partial charge in [0.05, 0.1) is 12.1 Å². The van der Waals surface area contributed by atoms with Crippen molar-refractivity contribution in [2.24, 2.45) is 5.73 Å². The standard InChI is InChI=1S/C4H5NS.C2H5NO2/c1-4-2-6-3-5-4;3-1-2(4)5/h2-3H,1H3;1,3H2,(H,4,5). The normalized spacial score (nSPS) is 8.18. The van der Waals surface area contributed by atoms with Crippen LogP contribution in [-0.4, -0.2) is 22.6 Å². The number of carboxylic acid groups (broad SMARTS) is 1. The van der Waals surface area contributed by atoms with Crippen molar-refractivity contribution in [2.75, 3.05) is 6.54 Å². The first-order chi connectivity index (χ1) is 5.16. The average Bonchev–Trinajstić information content (AvgIpc) is 2.41. The first kappa shape index (κ1) is 10.1. The van der Waals surface area contributed by atoms with Gasteiger partial charge in [0.2, 0.25) is 0 Å². The van der Waals surface area contributed by atoms with Crippen LogP contribution in [-0.2, 0) is 4.79 Å². The second-order valence-electron chi connectivity index (χ2n) is 1.73. The summed E-state index contributed by atoms with van der Waals surface area (Å²) in [7, 11) is 0. The number of nitrogens with zero attached hydrogens (tertiary/aromatic N) is 1. The van der Waals surface area contributed by atoms with Crippen molar-refractivity contribution in [3.63, 3.8) is 0 Å². The highest BCUT2D eigenvalue weighted by Crippen LogP contribution is 1.95. The maximum atomic E-state index is 9.24. The van der Waals surface area contributed by atoms with Gasteiger partial charge >= 0.3 is 5.97 Å². The molecule has 0 aliphatic carbocycles. The maximum Gasteiger partial charge on any atom is 0.317 e. The number of hydrogen-bond donors (Lipinski definition) is 2. The zero-order valence-electron chi connectivity index (χ0n) is 6.15. The van der Waals surface area contributed by atoms with E-state index in [4.69, 9.17) is 5.11 Å². The fourth-order valence-electron chi connectivity index (χ4n) is 0.273. The van der Waals surface area contributed by atoms with Crippen molar-refractivity contribution in [1.82, 2.24) is 4.98 Å². The fourth-order valence-corrected chi connectivity index (χ4v) is 0.819. The van der Waals surface area contributed by atoms with Crippen LogP contribution < -0.4 is 5.73 Å². The third kappa shape index (κ3) is 6.95. The van der Waals surface area contributed by atoms with E-state index in [-0.39, 0.29) is 6.54 Å². The monoisotopic (exact) mass is 174 g/mol. The lowest BCUT2D eigenvalue weighted by atomic mass is 10.6. The van der Waals surface area contributed by atoms with E-state index >= 15 is 0 Å². The van der Waals surface area contributed by atoms with Gasteiger partial charge in [-0.05, 0) is 6.92 Å². The van der Waals surface area contributed by atoms with Crippen LogP contribution in [0, 0.1) is 6.92 Å². The summed E-state index contributed by atoms with van der Waals surface area (Å²) in [5.74, 6) is -0.968. The van der Waals surface area contributed by atoms with Crippen molar-refractivity contribution in [2.45, 2.75) is 6.92 Å². The summed E-state index contributed by atoms with van der Waals surface area (Å²) in [6, 6.07) is 0. The van der Waals surface area contributed by atoms with Gasteiger partial charge in [0.15, 0.2) is 0 Å². The number of aromatic nitrogens is 1. The molecular weight excluding hydrogens is 164 g/mol. The highest BCUT2D eigenvalue weighted by atomic mass is 32.1. The van der Waals surface area contributed by atoms with E-state index in [2.05, 4.69) is 10.7 Å². The molecule has 0 aliphatic heterocycles. The molecule has 0 spiro atoms. The molecule has 11 heavy (non-hydrogen) atoms. The number of rotatable bonds is 1. The van der Waals surface area contributed by atoms with Crippen LogP contribution in [0.5, 0.6) is 0 Å². The van der Waals surface area contributed by atoms with Crippen LogP contribution >= 0.6 is 11.3 Å². The van der Waals surface area contributed by atoms with Crippen molar-refractivity contribution in [3.05, 3.63) is 16.6 Å². The van der Waals surface area contributed by atoms with Gasteiger partial charge in [-0.25, -0.2) is 0 Å². The third-order valence-corrected chi connectivity index (χ3v) is 1.43. The van der Waals surface area contributed by atoms with Gasteiger partial charge in [-0.3, -0.25) is 9.78 Å². The molecule has 0 fully saturated rings. The smallest absolute Gasteiger partial charge is 0.317 e. The van der Waals surface area contributed by atoms with Crippen molar-refractivity contribution >= 4 is 17.3 Å². The number of aryl methyl sites for hydroxylation is 1. The number of thiazole rings is 1. The summed E-state index contributed by atoms with van der Waals surface area (Å²) in [6.07, 6.45) is 0. The molecular formula is C6H10N2O2S. The zero-order chi connectivity index (χ0) is 8.69. The lowest BCUT2D eigenvalue weighted by Gasteiger charge is -1.73. The summed E-state index contributed by atoms with van der Waals surface area (Å²) >= 11 is 1.63. The molecule has 62 valence electrons. The zero-order valence-corrected chi connectivity index (χ0v) is 6.97. The molecule has 5 heteroatoms. The number of carbonyl (C=O) groups is 1. The highest BCUT2D eigenvalue weighted by Gasteiger charge is 1.81. The van der Waals surface area contributed by atoms with Gasteiger partial charge in [-0.1, -0.05) is 0 Å². The number of hydrogen-bond acceptors (Lipinski definition) is 4. The Labute approximate surface area is 68.7 Å². The predicted molar refractivity (Wildman–Crippen MR) is 43.5 cm³/mol. The van der Waals surface area contributed by atoms with Crippen LogP contribution in [0.4, 0.5) is 0 Å². The SMILES string of the molecule is Cc1cscn1.NCC(=O)O. The Hall–Kier alpha value is -0.940. The average molecular weight is 174 g/mol. The van der Waals surface area contributed by atoms with Gasteiger partial charge in [0, 0.05) is 11.1 Å². The number of carboxylic acids is 1. The summed E-state index contributed by atoms with van der Waals surface area (Å²) < 4.78 is 0. The fraction of sp³-hybridized carbons (Fsp3) is 0.333. The van der Waals surface area contributed by atoms with E-state index in [1.807, 2.05) is 17.8 Å². The Morgan fingerprint density at radius 2 is 2.45 bits per heavy atom. The molecule has 0 saturated heterocycles. The minimum atomic E-state index is -0.968. The molecule has 4 nitrogen and oxygen atoms in total. The molecule has 0 aliphatic rings. The molecule has 0 bridgehead atoms. The Bertz CT molecular complexity index is 198. The molecule has 0 atom stereocenters. The van der Waals surface area contributed by atoms with Gasteiger partial charge in [0.1, 0.15) is 0 Å². The second-order valence-corrected chi connectivity index (χ2v) is 2.45.